The largest absolute Gasteiger partial charge is 0.350 e. The number of carbonyl (C=O) groups excluding carboxylic acids is 1. The molecular formula is C13H14BrN3O. The molecule has 5 heteroatoms. The summed E-state index contributed by atoms with van der Waals surface area (Å²) in [5.41, 5.74) is 0. The fraction of sp³-hybridized carbons (Fsp3) is 0.154. The standard InChI is InChI=1S/C7H8BrN3O.C6H6/c1-2-9-7(12)6-10-3-5(8)4-11-6;1-2-4-6-5-3-1/h3-4H,2H2,1H3,(H,9,12);1-6H. The topological polar surface area (TPSA) is 54.9 Å². The first-order chi connectivity index (χ1) is 8.74. The number of hydrogen-bond acceptors (Lipinski definition) is 3. The van der Waals surface area contributed by atoms with E-state index in [0.29, 0.717) is 6.54 Å². The molecule has 1 aromatic carbocycles. The molecule has 1 amide bonds. The van der Waals surface area contributed by atoms with Gasteiger partial charge in [0, 0.05) is 18.9 Å². The van der Waals surface area contributed by atoms with Crippen molar-refractivity contribution in [1.29, 1.82) is 0 Å². The Labute approximate surface area is 115 Å². The molecule has 1 aromatic heterocycles. The van der Waals surface area contributed by atoms with E-state index in [1.807, 2.05) is 43.3 Å². The van der Waals surface area contributed by atoms with Crippen LogP contribution in [0.3, 0.4) is 0 Å². The lowest BCUT2D eigenvalue weighted by Crippen LogP contribution is -2.24. The number of halogens is 1. The normalized spacial score (nSPS) is 9.00. The van der Waals surface area contributed by atoms with E-state index in [2.05, 4.69) is 31.2 Å². The number of benzene rings is 1. The van der Waals surface area contributed by atoms with Crippen LogP contribution < -0.4 is 5.32 Å². The number of aromatic nitrogens is 2. The molecule has 2 rings (SSSR count). The number of carbonyl (C=O) groups is 1. The van der Waals surface area contributed by atoms with Gasteiger partial charge >= 0.3 is 0 Å². The molecule has 0 saturated heterocycles. The SMILES string of the molecule is CCNC(=O)c1ncc(Br)cn1.c1ccccc1. The van der Waals surface area contributed by atoms with Crippen LogP contribution in [0.15, 0.2) is 53.3 Å². The number of rotatable bonds is 2. The van der Waals surface area contributed by atoms with E-state index in [-0.39, 0.29) is 11.7 Å². The van der Waals surface area contributed by atoms with Crippen molar-refractivity contribution in [2.24, 2.45) is 0 Å². The van der Waals surface area contributed by atoms with Crippen molar-refractivity contribution in [3.63, 3.8) is 0 Å². The predicted molar refractivity (Wildman–Crippen MR) is 74.2 cm³/mol. The molecule has 0 aliphatic carbocycles. The molecule has 2 aromatic rings. The Hall–Kier alpha value is -1.75. The van der Waals surface area contributed by atoms with Crippen molar-refractivity contribution in [1.82, 2.24) is 15.3 Å². The molecule has 0 unspecified atom stereocenters. The van der Waals surface area contributed by atoms with Crippen LogP contribution in [0.2, 0.25) is 0 Å². The lowest BCUT2D eigenvalue weighted by atomic mass is 10.4. The van der Waals surface area contributed by atoms with Crippen molar-refractivity contribution in [3.05, 3.63) is 59.1 Å². The van der Waals surface area contributed by atoms with E-state index in [0.717, 1.165) is 4.47 Å². The van der Waals surface area contributed by atoms with Gasteiger partial charge in [-0.3, -0.25) is 4.79 Å². The number of hydrogen-bond donors (Lipinski definition) is 1. The van der Waals surface area contributed by atoms with Gasteiger partial charge in [0.15, 0.2) is 0 Å². The monoisotopic (exact) mass is 307 g/mol. The van der Waals surface area contributed by atoms with Crippen molar-refractivity contribution >= 4 is 21.8 Å². The van der Waals surface area contributed by atoms with Crippen LogP contribution in [-0.4, -0.2) is 22.4 Å². The molecule has 18 heavy (non-hydrogen) atoms. The van der Waals surface area contributed by atoms with Crippen LogP contribution in [0.1, 0.15) is 17.5 Å². The fourth-order valence-electron chi connectivity index (χ4n) is 1.05. The summed E-state index contributed by atoms with van der Waals surface area (Å²) in [5, 5.41) is 2.60. The third-order valence-corrected chi connectivity index (χ3v) is 2.24. The lowest BCUT2D eigenvalue weighted by Gasteiger charge is -1.98. The molecule has 0 radical (unpaired) electrons. The van der Waals surface area contributed by atoms with E-state index in [1.54, 1.807) is 0 Å². The third kappa shape index (κ3) is 5.54. The van der Waals surface area contributed by atoms with E-state index < -0.39 is 0 Å². The summed E-state index contributed by atoms with van der Waals surface area (Å²) in [6.45, 7) is 2.43. The van der Waals surface area contributed by atoms with Crippen LogP contribution in [-0.2, 0) is 0 Å². The van der Waals surface area contributed by atoms with Crippen molar-refractivity contribution in [3.8, 4) is 0 Å². The maximum absolute atomic E-state index is 11.1. The molecule has 0 aliphatic heterocycles. The van der Waals surface area contributed by atoms with Gasteiger partial charge < -0.3 is 5.32 Å². The van der Waals surface area contributed by atoms with Crippen molar-refractivity contribution in [2.45, 2.75) is 6.92 Å². The molecular weight excluding hydrogens is 294 g/mol. The molecule has 0 saturated carbocycles. The minimum Gasteiger partial charge on any atom is -0.350 e. The second-order valence-electron chi connectivity index (χ2n) is 3.24. The van der Waals surface area contributed by atoms with Crippen LogP contribution in [0.5, 0.6) is 0 Å². The van der Waals surface area contributed by atoms with E-state index in [4.69, 9.17) is 0 Å². The second-order valence-corrected chi connectivity index (χ2v) is 4.15. The molecule has 0 bridgehead atoms. The average molecular weight is 308 g/mol. The molecule has 1 heterocycles. The summed E-state index contributed by atoms with van der Waals surface area (Å²) in [6.07, 6.45) is 3.08. The zero-order valence-electron chi connectivity index (χ0n) is 10.0. The first-order valence-corrected chi connectivity index (χ1v) is 6.29. The van der Waals surface area contributed by atoms with Gasteiger partial charge in [-0.2, -0.15) is 0 Å². The highest BCUT2D eigenvalue weighted by Crippen LogP contribution is 2.03. The number of nitrogens with one attached hydrogen (secondary N) is 1. The molecule has 0 spiro atoms. The molecule has 1 N–H and O–H groups in total. The Bertz CT molecular complexity index is 433. The number of nitrogens with zero attached hydrogens (tertiary/aromatic N) is 2. The van der Waals surface area contributed by atoms with Gasteiger partial charge in [-0.1, -0.05) is 36.4 Å². The Morgan fingerprint density at radius 3 is 1.94 bits per heavy atom. The Morgan fingerprint density at radius 1 is 1.11 bits per heavy atom. The molecule has 4 nitrogen and oxygen atoms in total. The summed E-state index contributed by atoms with van der Waals surface area (Å²) >= 11 is 3.18. The minimum atomic E-state index is -0.245. The average Bonchev–Trinajstić information content (AvgIpc) is 2.42. The first-order valence-electron chi connectivity index (χ1n) is 5.49. The molecule has 0 fully saturated rings. The third-order valence-electron chi connectivity index (χ3n) is 1.83. The second kappa shape index (κ2) is 8.36. The molecule has 0 aliphatic rings. The van der Waals surface area contributed by atoms with Gasteiger partial charge in [0.1, 0.15) is 0 Å². The highest BCUT2D eigenvalue weighted by molar-refractivity contribution is 9.10. The van der Waals surface area contributed by atoms with Gasteiger partial charge in [0.2, 0.25) is 5.82 Å². The summed E-state index contributed by atoms with van der Waals surface area (Å²) in [7, 11) is 0. The Kier molecular flexibility index (Phi) is 6.64. The number of amides is 1. The molecule has 0 atom stereocenters. The zero-order chi connectivity index (χ0) is 13.2. The van der Waals surface area contributed by atoms with Crippen LogP contribution in [0.25, 0.3) is 0 Å². The molecule has 94 valence electrons. The highest BCUT2D eigenvalue weighted by Gasteiger charge is 2.05. The lowest BCUT2D eigenvalue weighted by molar-refractivity contribution is 0.0945. The highest BCUT2D eigenvalue weighted by atomic mass is 79.9. The summed E-state index contributed by atoms with van der Waals surface area (Å²) in [6, 6.07) is 12.0. The van der Waals surface area contributed by atoms with Gasteiger partial charge in [-0.25, -0.2) is 9.97 Å². The van der Waals surface area contributed by atoms with Crippen molar-refractivity contribution in [2.75, 3.05) is 6.54 Å². The predicted octanol–water partition coefficient (Wildman–Crippen LogP) is 2.68. The fourth-order valence-corrected chi connectivity index (χ4v) is 1.26. The van der Waals surface area contributed by atoms with Gasteiger partial charge in [0.25, 0.3) is 5.91 Å². The van der Waals surface area contributed by atoms with Crippen LogP contribution >= 0.6 is 15.9 Å². The summed E-state index contributed by atoms with van der Waals surface area (Å²) in [5.74, 6) is -0.0509. The smallest absolute Gasteiger partial charge is 0.289 e. The minimum absolute atomic E-state index is 0.194. The van der Waals surface area contributed by atoms with Gasteiger partial charge in [-0.15, -0.1) is 0 Å². The van der Waals surface area contributed by atoms with Crippen molar-refractivity contribution < 1.29 is 4.79 Å². The van der Waals surface area contributed by atoms with Gasteiger partial charge in [0.05, 0.1) is 4.47 Å². The quantitative estimate of drug-likeness (QED) is 0.928. The van der Waals surface area contributed by atoms with E-state index in [1.165, 1.54) is 12.4 Å². The zero-order valence-corrected chi connectivity index (χ0v) is 11.6. The van der Waals surface area contributed by atoms with E-state index in [9.17, 15) is 4.79 Å². The van der Waals surface area contributed by atoms with Crippen LogP contribution in [0, 0.1) is 0 Å². The van der Waals surface area contributed by atoms with E-state index >= 15 is 0 Å². The van der Waals surface area contributed by atoms with Gasteiger partial charge in [-0.05, 0) is 22.9 Å². The maximum atomic E-state index is 11.1. The van der Waals surface area contributed by atoms with Crippen LogP contribution in [0.4, 0.5) is 0 Å². The Morgan fingerprint density at radius 2 is 1.56 bits per heavy atom. The summed E-state index contributed by atoms with van der Waals surface area (Å²) < 4.78 is 0.760. The maximum Gasteiger partial charge on any atom is 0.289 e. The summed E-state index contributed by atoms with van der Waals surface area (Å²) in [4.78, 5) is 18.8. The Balaban J connectivity index is 0.000000225. The first kappa shape index (κ1) is 14.3.